The number of hydrogen-bond donors (Lipinski definition) is 1. The van der Waals surface area contributed by atoms with Crippen molar-refractivity contribution in [2.45, 2.75) is 6.54 Å². The van der Waals surface area contributed by atoms with Gasteiger partial charge in [-0.2, -0.15) is 0 Å². The van der Waals surface area contributed by atoms with Crippen LogP contribution in [0.4, 0.5) is 10.1 Å². The maximum atomic E-state index is 13.1. The Balaban J connectivity index is 2.16. The first-order valence-electron chi connectivity index (χ1n) is 5.90. The number of pyridine rings is 1. The molecule has 0 bridgehead atoms. The Morgan fingerprint density at radius 3 is 2.70 bits per heavy atom. The normalized spacial score (nSPS) is 10.2. The molecule has 1 N–H and O–H groups in total. The summed E-state index contributed by atoms with van der Waals surface area (Å²) in [5, 5.41) is 3.18. The lowest BCUT2D eigenvalue weighted by molar-refractivity contribution is 0.350. The Labute approximate surface area is 121 Å². The minimum atomic E-state index is -0.450. The number of rotatable bonds is 5. The number of hydrogen-bond acceptors (Lipinski definition) is 4. The summed E-state index contributed by atoms with van der Waals surface area (Å²) in [5.74, 6) is 0.724. The maximum Gasteiger partial charge on any atom is 0.184 e. The number of aromatic nitrogens is 1. The van der Waals surface area contributed by atoms with E-state index in [0.29, 0.717) is 29.4 Å². The van der Waals surface area contributed by atoms with Crippen molar-refractivity contribution in [3.8, 4) is 11.5 Å². The molecular weight excluding hydrogens is 283 g/mol. The van der Waals surface area contributed by atoms with Crippen LogP contribution in [0.5, 0.6) is 11.5 Å². The molecule has 20 heavy (non-hydrogen) atoms. The highest BCUT2D eigenvalue weighted by Crippen LogP contribution is 2.29. The van der Waals surface area contributed by atoms with Crippen LogP contribution >= 0.6 is 11.6 Å². The van der Waals surface area contributed by atoms with Crippen molar-refractivity contribution in [3.63, 3.8) is 0 Å². The van der Waals surface area contributed by atoms with Gasteiger partial charge < -0.3 is 14.8 Å². The largest absolute Gasteiger partial charge is 0.493 e. The molecular formula is C14H14ClFN2O2. The fourth-order valence-corrected chi connectivity index (χ4v) is 1.95. The molecule has 0 amide bonds. The first-order chi connectivity index (χ1) is 9.65. The molecule has 2 aromatic rings. The van der Waals surface area contributed by atoms with Crippen LogP contribution in [0, 0.1) is 5.82 Å². The lowest BCUT2D eigenvalue weighted by atomic mass is 10.2. The van der Waals surface area contributed by atoms with Gasteiger partial charge >= 0.3 is 0 Å². The van der Waals surface area contributed by atoms with Gasteiger partial charge in [0.25, 0.3) is 0 Å². The molecule has 0 saturated heterocycles. The second kappa shape index (κ2) is 6.43. The quantitative estimate of drug-likeness (QED) is 0.917. The van der Waals surface area contributed by atoms with E-state index < -0.39 is 5.82 Å². The molecule has 1 heterocycles. The van der Waals surface area contributed by atoms with E-state index in [0.717, 1.165) is 0 Å². The Bertz CT molecular complexity index is 608. The van der Waals surface area contributed by atoms with Crippen molar-refractivity contribution in [3.05, 3.63) is 47.0 Å². The first-order valence-corrected chi connectivity index (χ1v) is 6.28. The average molecular weight is 297 g/mol. The molecule has 4 nitrogen and oxygen atoms in total. The van der Waals surface area contributed by atoms with Crippen molar-refractivity contribution >= 4 is 17.3 Å². The molecule has 0 atom stereocenters. The van der Waals surface area contributed by atoms with Crippen molar-refractivity contribution < 1.29 is 13.9 Å². The summed E-state index contributed by atoms with van der Waals surface area (Å²) in [4.78, 5) is 4.24. The van der Waals surface area contributed by atoms with Gasteiger partial charge in [-0.25, -0.2) is 4.39 Å². The summed E-state index contributed by atoms with van der Waals surface area (Å²) in [5.41, 5.74) is 1.38. The predicted octanol–water partition coefficient (Wildman–Crippen LogP) is 3.50. The van der Waals surface area contributed by atoms with Crippen LogP contribution in [-0.4, -0.2) is 19.2 Å². The Kier molecular flexibility index (Phi) is 4.63. The van der Waals surface area contributed by atoms with Gasteiger partial charge in [0.15, 0.2) is 11.5 Å². The fraction of sp³-hybridized carbons (Fsp3) is 0.214. The topological polar surface area (TPSA) is 43.4 Å². The van der Waals surface area contributed by atoms with Crippen LogP contribution in [0.3, 0.4) is 0 Å². The number of methoxy groups -OCH3 is 2. The van der Waals surface area contributed by atoms with Gasteiger partial charge in [0.2, 0.25) is 0 Å². The van der Waals surface area contributed by atoms with Crippen molar-refractivity contribution in [1.82, 2.24) is 4.98 Å². The minimum absolute atomic E-state index is 0.0700. The summed E-state index contributed by atoms with van der Waals surface area (Å²) in [7, 11) is 3.12. The number of nitrogens with one attached hydrogen (secondary N) is 1. The van der Waals surface area contributed by atoms with Gasteiger partial charge in [-0.15, -0.1) is 0 Å². The van der Waals surface area contributed by atoms with E-state index >= 15 is 0 Å². The summed E-state index contributed by atoms with van der Waals surface area (Å²) >= 11 is 5.73. The monoisotopic (exact) mass is 296 g/mol. The molecule has 106 valence electrons. The van der Waals surface area contributed by atoms with Crippen LogP contribution in [0.1, 0.15) is 5.69 Å². The summed E-state index contributed by atoms with van der Waals surface area (Å²) < 4.78 is 23.6. The number of nitrogens with zero attached hydrogens (tertiary/aromatic N) is 1. The molecule has 0 spiro atoms. The highest BCUT2D eigenvalue weighted by Gasteiger charge is 2.11. The zero-order valence-electron chi connectivity index (χ0n) is 11.1. The predicted molar refractivity (Wildman–Crippen MR) is 76.1 cm³/mol. The zero-order valence-corrected chi connectivity index (χ0v) is 11.9. The van der Waals surface area contributed by atoms with Gasteiger partial charge in [0.05, 0.1) is 25.8 Å². The van der Waals surface area contributed by atoms with Crippen LogP contribution in [0.25, 0.3) is 0 Å². The van der Waals surface area contributed by atoms with E-state index in [2.05, 4.69) is 10.3 Å². The van der Waals surface area contributed by atoms with Gasteiger partial charge in [0.1, 0.15) is 11.5 Å². The van der Waals surface area contributed by atoms with Crippen molar-refractivity contribution in [2.24, 2.45) is 0 Å². The molecule has 0 saturated carbocycles. The number of ether oxygens (including phenoxy) is 2. The third-order valence-corrected chi connectivity index (χ3v) is 3.04. The minimum Gasteiger partial charge on any atom is -0.493 e. The average Bonchev–Trinajstić information content (AvgIpc) is 2.47. The zero-order chi connectivity index (χ0) is 14.5. The molecule has 0 radical (unpaired) electrons. The molecule has 1 aromatic carbocycles. The third-order valence-electron chi connectivity index (χ3n) is 2.75. The molecule has 0 aliphatic heterocycles. The highest BCUT2D eigenvalue weighted by molar-refractivity contribution is 6.31. The standard InChI is InChI=1S/C14H14ClFN2O2/c1-19-13-5-6-17-12(14(13)20-2)8-18-9-3-4-11(16)10(15)7-9/h3-7,18H,8H2,1-2H3. The van der Waals surface area contributed by atoms with E-state index in [1.54, 1.807) is 32.5 Å². The van der Waals surface area contributed by atoms with Gasteiger partial charge in [-0.3, -0.25) is 4.98 Å². The second-order valence-corrected chi connectivity index (χ2v) is 4.38. The van der Waals surface area contributed by atoms with E-state index in [4.69, 9.17) is 21.1 Å². The fourth-order valence-electron chi connectivity index (χ4n) is 1.77. The van der Waals surface area contributed by atoms with Crippen molar-refractivity contribution in [2.75, 3.05) is 19.5 Å². The summed E-state index contributed by atoms with van der Waals surface area (Å²) in [6, 6.07) is 6.15. The molecule has 0 aliphatic rings. The number of benzene rings is 1. The molecule has 6 heteroatoms. The molecule has 0 aliphatic carbocycles. The van der Waals surface area contributed by atoms with Crippen LogP contribution in [0.2, 0.25) is 5.02 Å². The molecule has 0 fully saturated rings. The first kappa shape index (κ1) is 14.4. The SMILES string of the molecule is COc1ccnc(CNc2ccc(F)c(Cl)c2)c1OC. The van der Waals surface area contributed by atoms with Crippen LogP contribution in [-0.2, 0) is 6.54 Å². The molecule has 2 rings (SSSR count). The van der Waals surface area contributed by atoms with Crippen LogP contribution in [0.15, 0.2) is 30.5 Å². The number of anilines is 1. The maximum absolute atomic E-state index is 13.1. The number of halogens is 2. The Morgan fingerprint density at radius 2 is 2.05 bits per heavy atom. The van der Waals surface area contributed by atoms with Crippen LogP contribution < -0.4 is 14.8 Å². The van der Waals surface area contributed by atoms with E-state index in [-0.39, 0.29) is 5.02 Å². The van der Waals surface area contributed by atoms with E-state index in [9.17, 15) is 4.39 Å². The van der Waals surface area contributed by atoms with Gasteiger partial charge in [-0.1, -0.05) is 11.6 Å². The van der Waals surface area contributed by atoms with E-state index in [1.165, 1.54) is 12.1 Å². The van der Waals surface area contributed by atoms with Crippen molar-refractivity contribution in [1.29, 1.82) is 0 Å². The Hall–Kier alpha value is -2.01. The lowest BCUT2D eigenvalue weighted by Gasteiger charge is -2.12. The molecule has 1 aromatic heterocycles. The second-order valence-electron chi connectivity index (χ2n) is 3.98. The third kappa shape index (κ3) is 3.11. The van der Waals surface area contributed by atoms with Gasteiger partial charge in [0, 0.05) is 18.0 Å². The Morgan fingerprint density at radius 1 is 1.25 bits per heavy atom. The molecule has 0 unspecified atom stereocenters. The highest BCUT2D eigenvalue weighted by atomic mass is 35.5. The van der Waals surface area contributed by atoms with E-state index in [1.807, 2.05) is 0 Å². The lowest BCUT2D eigenvalue weighted by Crippen LogP contribution is -2.05. The summed E-state index contributed by atoms with van der Waals surface area (Å²) in [6.07, 6.45) is 1.63. The van der Waals surface area contributed by atoms with Gasteiger partial charge in [-0.05, 0) is 18.2 Å². The smallest absolute Gasteiger partial charge is 0.184 e. The summed E-state index contributed by atoms with van der Waals surface area (Å²) in [6.45, 7) is 0.405.